The predicted molar refractivity (Wildman–Crippen MR) is 133 cm³/mol. The van der Waals surface area contributed by atoms with Gasteiger partial charge in [0.1, 0.15) is 5.75 Å². The van der Waals surface area contributed by atoms with Crippen molar-refractivity contribution in [3.05, 3.63) is 83.0 Å². The fourth-order valence-corrected chi connectivity index (χ4v) is 3.52. The molecule has 0 aliphatic carbocycles. The normalized spacial score (nSPS) is 11.6. The number of nitrogens with one attached hydrogen (secondary N) is 1. The smallest absolute Gasteiger partial charge is 0.416 e. The van der Waals surface area contributed by atoms with Crippen LogP contribution < -0.4 is 10.1 Å². The number of halogens is 3. The molecular weight excluding hydrogens is 485 g/mol. The van der Waals surface area contributed by atoms with Gasteiger partial charge in [0, 0.05) is 17.8 Å². The van der Waals surface area contributed by atoms with Gasteiger partial charge in [0.25, 0.3) is 0 Å². The summed E-state index contributed by atoms with van der Waals surface area (Å²) >= 11 is 0. The van der Waals surface area contributed by atoms with E-state index in [0.29, 0.717) is 29.2 Å². The average Bonchev–Trinajstić information content (AvgIpc) is 2.84. The maximum absolute atomic E-state index is 12.8. The Morgan fingerprint density at radius 2 is 1.59 bits per heavy atom. The molecule has 0 saturated carbocycles. The second-order valence-electron chi connectivity index (χ2n) is 8.95. The van der Waals surface area contributed by atoms with Gasteiger partial charge >= 0.3 is 12.1 Å². The van der Waals surface area contributed by atoms with Crippen molar-refractivity contribution in [2.45, 2.75) is 52.4 Å². The lowest BCUT2D eigenvalue weighted by molar-refractivity contribution is -0.158. The van der Waals surface area contributed by atoms with Gasteiger partial charge in [0.2, 0.25) is 5.91 Å². The third kappa shape index (κ3) is 7.55. The molecule has 0 fully saturated rings. The molecule has 0 atom stereocenters. The van der Waals surface area contributed by atoms with Crippen LogP contribution in [0.15, 0.2) is 60.7 Å². The van der Waals surface area contributed by atoms with Crippen LogP contribution in [-0.4, -0.2) is 29.1 Å². The monoisotopic (exact) mass is 514 g/mol. The highest BCUT2D eigenvalue weighted by Crippen LogP contribution is 2.31. The number of carbonyl (C=O) groups is 2. The Hall–Kier alpha value is -3.88. The van der Waals surface area contributed by atoms with Crippen LogP contribution >= 0.6 is 0 Å². The van der Waals surface area contributed by atoms with Crippen molar-refractivity contribution in [3.8, 4) is 17.0 Å². The summed E-state index contributed by atoms with van der Waals surface area (Å²) in [5.74, 6) is -0.151. The van der Waals surface area contributed by atoms with E-state index in [4.69, 9.17) is 9.47 Å². The molecule has 0 aliphatic heterocycles. The molecule has 9 heteroatoms. The van der Waals surface area contributed by atoms with Crippen molar-refractivity contribution < 1.29 is 32.2 Å². The standard InChI is InChI=1S/C28H29F3N2O4/c1-5-36-26(35)27(3,4)37-23-13-6-19(7-14-23)17-32-25(34)16-21-10-15-24(33-18(21)2)20-8-11-22(12-9-20)28(29,30)31/h6-15H,5,16-17H2,1-4H3,(H,32,34). The molecular formula is C28H29F3N2O4. The van der Waals surface area contributed by atoms with E-state index in [0.717, 1.165) is 23.3 Å². The molecule has 0 radical (unpaired) electrons. The van der Waals surface area contributed by atoms with Crippen molar-refractivity contribution in [2.24, 2.45) is 0 Å². The number of alkyl halides is 3. The number of ether oxygens (including phenoxy) is 2. The molecule has 196 valence electrons. The molecule has 0 saturated heterocycles. The van der Waals surface area contributed by atoms with Gasteiger partial charge in [0.05, 0.1) is 24.3 Å². The lowest BCUT2D eigenvalue weighted by Crippen LogP contribution is -2.39. The second kappa shape index (κ2) is 11.5. The summed E-state index contributed by atoms with van der Waals surface area (Å²) in [5.41, 5.74) is 1.44. The number of aryl methyl sites for hydroxylation is 1. The quantitative estimate of drug-likeness (QED) is 0.373. The fraction of sp³-hybridized carbons (Fsp3) is 0.321. The molecule has 6 nitrogen and oxygen atoms in total. The third-order valence-electron chi connectivity index (χ3n) is 5.61. The molecule has 0 unspecified atom stereocenters. The molecule has 3 rings (SSSR count). The van der Waals surface area contributed by atoms with E-state index in [2.05, 4.69) is 10.3 Å². The van der Waals surface area contributed by atoms with Gasteiger partial charge in [-0.25, -0.2) is 4.79 Å². The molecule has 2 aromatic carbocycles. The molecule has 0 aliphatic rings. The van der Waals surface area contributed by atoms with E-state index >= 15 is 0 Å². The molecule has 0 bridgehead atoms. The van der Waals surface area contributed by atoms with Crippen LogP contribution in [0.5, 0.6) is 5.75 Å². The maximum Gasteiger partial charge on any atom is 0.416 e. The van der Waals surface area contributed by atoms with Gasteiger partial charge in [-0.3, -0.25) is 9.78 Å². The zero-order valence-corrected chi connectivity index (χ0v) is 21.1. The predicted octanol–water partition coefficient (Wildman–Crippen LogP) is 5.66. The summed E-state index contributed by atoms with van der Waals surface area (Å²) in [7, 11) is 0. The van der Waals surface area contributed by atoms with E-state index in [-0.39, 0.29) is 18.9 Å². The van der Waals surface area contributed by atoms with Crippen LogP contribution in [0.4, 0.5) is 13.2 Å². The summed E-state index contributed by atoms with van der Waals surface area (Å²) in [4.78, 5) is 28.9. The Balaban J connectivity index is 1.55. The van der Waals surface area contributed by atoms with Crippen molar-refractivity contribution in [1.29, 1.82) is 0 Å². The summed E-state index contributed by atoms with van der Waals surface area (Å²) in [6.45, 7) is 7.32. The van der Waals surface area contributed by atoms with Gasteiger partial charge < -0.3 is 14.8 Å². The Kier molecular flexibility index (Phi) is 8.57. The van der Waals surface area contributed by atoms with Crippen LogP contribution in [0.25, 0.3) is 11.3 Å². The van der Waals surface area contributed by atoms with Gasteiger partial charge in [0.15, 0.2) is 5.60 Å². The van der Waals surface area contributed by atoms with Crippen LogP contribution in [0.2, 0.25) is 0 Å². The Morgan fingerprint density at radius 1 is 0.946 bits per heavy atom. The van der Waals surface area contributed by atoms with E-state index < -0.39 is 23.3 Å². The van der Waals surface area contributed by atoms with Crippen LogP contribution in [0, 0.1) is 6.92 Å². The third-order valence-corrected chi connectivity index (χ3v) is 5.61. The maximum atomic E-state index is 12.8. The highest BCUT2D eigenvalue weighted by Gasteiger charge is 2.31. The number of amides is 1. The van der Waals surface area contributed by atoms with Gasteiger partial charge in [-0.15, -0.1) is 0 Å². The van der Waals surface area contributed by atoms with E-state index in [1.165, 1.54) is 12.1 Å². The number of hydrogen-bond donors (Lipinski definition) is 1. The number of benzene rings is 2. The van der Waals surface area contributed by atoms with Crippen molar-refractivity contribution in [3.63, 3.8) is 0 Å². The first-order valence-electron chi connectivity index (χ1n) is 11.7. The van der Waals surface area contributed by atoms with E-state index in [1.807, 2.05) is 0 Å². The summed E-state index contributed by atoms with van der Waals surface area (Å²) in [5, 5.41) is 2.86. The number of rotatable bonds is 9. The lowest BCUT2D eigenvalue weighted by atomic mass is 10.0. The molecule has 0 spiro atoms. The van der Waals surface area contributed by atoms with Crippen LogP contribution in [-0.2, 0) is 33.5 Å². The topological polar surface area (TPSA) is 77.5 Å². The summed E-state index contributed by atoms with van der Waals surface area (Å²) < 4.78 is 49.1. The lowest BCUT2D eigenvalue weighted by Gasteiger charge is -2.24. The van der Waals surface area contributed by atoms with Crippen molar-refractivity contribution >= 4 is 11.9 Å². The number of nitrogens with zero attached hydrogens (tertiary/aromatic N) is 1. The Labute approximate surface area is 213 Å². The number of esters is 1. The summed E-state index contributed by atoms with van der Waals surface area (Å²) in [6.07, 6.45) is -4.28. The van der Waals surface area contributed by atoms with Crippen LogP contribution in [0.3, 0.4) is 0 Å². The summed E-state index contributed by atoms with van der Waals surface area (Å²) in [6, 6.07) is 15.3. The van der Waals surface area contributed by atoms with Gasteiger partial charge in [-0.1, -0.05) is 30.3 Å². The highest BCUT2D eigenvalue weighted by molar-refractivity contribution is 5.79. The van der Waals surface area contributed by atoms with Gasteiger partial charge in [-0.05, 0) is 69.2 Å². The van der Waals surface area contributed by atoms with Crippen molar-refractivity contribution in [1.82, 2.24) is 10.3 Å². The largest absolute Gasteiger partial charge is 0.476 e. The molecule has 37 heavy (non-hydrogen) atoms. The minimum atomic E-state index is -4.39. The molecule has 1 amide bonds. The second-order valence-corrected chi connectivity index (χ2v) is 8.95. The minimum absolute atomic E-state index is 0.112. The average molecular weight is 515 g/mol. The number of hydrogen-bond acceptors (Lipinski definition) is 5. The first-order chi connectivity index (χ1) is 17.4. The molecule has 1 aromatic heterocycles. The SMILES string of the molecule is CCOC(=O)C(C)(C)Oc1ccc(CNC(=O)Cc2ccc(-c3ccc(C(F)(F)F)cc3)nc2C)cc1. The molecule has 1 N–H and O–H groups in total. The molecule has 1 heterocycles. The fourth-order valence-electron chi connectivity index (χ4n) is 3.52. The minimum Gasteiger partial charge on any atom is -0.476 e. The Bertz CT molecular complexity index is 1240. The first-order valence-corrected chi connectivity index (χ1v) is 11.7. The number of pyridine rings is 1. The van der Waals surface area contributed by atoms with E-state index in [9.17, 15) is 22.8 Å². The zero-order chi connectivity index (χ0) is 27.2. The number of carbonyl (C=O) groups excluding carboxylic acids is 2. The number of aromatic nitrogens is 1. The Morgan fingerprint density at radius 3 is 2.16 bits per heavy atom. The zero-order valence-electron chi connectivity index (χ0n) is 21.1. The molecule has 3 aromatic rings. The first kappa shape index (κ1) is 27.7. The van der Waals surface area contributed by atoms with E-state index in [1.54, 1.807) is 64.1 Å². The van der Waals surface area contributed by atoms with Crippen LogP contribution in [0.1, 0.15) is 43.2 Å². The van der Waals surface area contributed by atoms with Gasteiger partial charge in [-0.2, -0.15) is 13.2 Å². The van der Waals surface area contributed by atoms with Crippen molar-refractivity contribution in [2.75, 3.05) is 6.61 Å². The highest BCUT2D eigenvalue weighted by atomic mass is 19.4.